The molecule has 24 heavy (non-hydrogen) atoms. The second kappa shape index (κ2) is 8.19. The van der Waals surface area contributed by atoms with Crippen molar-refractivity contribution in [3.05, 3.63) is 59.3 Å². The van der Waals surface area contributed by atoms with Crippen LogP contribution in [0.5, 0.6) is 0 Å². The van der Waals surface area contributed by atoms with Crippen LogP contribution in [0.4, 0.5) is 5.82 Å². The molecular formula is C17H21N5O2. The first kappa shape index (κ1) is 17.6. The third-order valence-electron chi connectivity index (χ3n) is 3.60. The summed E-state index contributed by atoms with van der Waals surface area (Å²) in [6.07, 6.45) is 3.27. The Kier molecular flexibility index (Phi) is 6.00. The fraction of sp³-hybridized carbons (Fsp3) is 0.235. The zero-order valence-electron chi connectivity index (χ0n) is 13.5. The smallest absolute Gasteiger partial charge is 0.225 e. The quantitative estimate of drug-likeness (QED) is 0.232. The normalized spacial score (nSPS) is 11.6. The summed E-state index contributed by atoms with van der Waals surface area (Å²) in [5.41, 5.74) is 8.84. The van der Waals surface area contributed by atoms with Crippen LogP contribution in [0.1, 0.15) is 29.8 Å². The Morgan fingerprint density at radius 3 is 2.38 bits per heavy atom. The molecule has 5 N–H and O–H groups in total. The lowest BCUT2D eigenvalue weighted by Crippen LogP contribution is -2.38. The van der Waals surface area contributed by atoms with E-state index in [0.717, 1.165) is 34.5 Å². The molecule has 126 valence electrons. The Labute approximate surface area is 140 Å². The first-order valence-electron chi connectivity index (χ1n) is 7.55. The van der Waals surface area contributed by atoms with E-state index in [9.17, 15) is 9.59 Å². The molecule has 1 unspecified atom stereocenters. The molecule has 2 rings (SSSR count). The van der Waals surface area contributed by atoms with E-state index in [-0.39, 0.29) is 5.91 Å². The SMILES string of the molecule is CC(=O)Nc1ccc(CCc2ccc(C(N)N(N)C=O)cc2)cn1. The highest BCUT2D eigenvalue weighted by Gasteiger charge is 2.10. The summed E-state index contributed by atoms with van der Waals surface area (Å²) >= 11 is 0. The summed E-state index contributed by atoms with van der Waals surface area (Å²) < 4.78 is 0. The number of nitrogens with zero attached hydrogens (tertiary/aromatic N) is 2. The van der Waals surface area contributed by atoms with E-state index in [1.807, 2.05) is 30.3 Å². The van der Waals surface area contributed by atoms with Gasteiger partial charge in [-0.05, 0) is 35.6 Å². The number of carbonyl (C=O) groups excluding carboxylic acids is 2. The summed E-state index contributed by atoms with van der Waals surface area (Å²) in [6, 6.07) is 11.4. The van der Waals surface area contributed by atoms with Crippen LogP contribution in [0.3, 0.4) is 0 Å². The Balaban J connectivity index is 1.92. The number of carbonyl (C=O) groups is 2. The van der Waals surface area contributed by atoms with Gasteiger partial charge in [-0.1, -0.05) is 30.3 Å². The largest absolute Gasteiger partial charge is 0.311 e. The van der Waals surface area contributed by atoms with Gasteiger partial charge in [0.2, 0.25) is 12.3 Å². The van der Waals surface area contributed by atoms with Crippen LogP contribution in [0.2, 0.25) is 0 Å². The number of benzene rings is 1. The highest BCUT2D eigenvalue weighted by molar-refractivity contribution is 5.87. The number of nitrogens with two attached hydrogens (primary N) is 2. The second-order valence-electron chi connectivity index (χ2n) is 5.47. The number of aryl methyl sites for hydroxylation is 2. The maximum Gasteiger partial charge on any atom is 0.225 e. The fourth-order valence-corrected chi connectivity index (χ4v) is 2.23. The predicted octanol–water partition coefficient (Wildman–Crippen LogP) is 1.11. The van der Waals surface area contributed by atoms with Gasteiger partial charge in [0.05, 0.1) is 0 Å². The number of anilines is 1. The number of amides is 2. The van der Waals surface area contributed by atoms with Gasteiger partial charge in [0.25, 0.3) is 0 Å². The van der Waals surface area contributed by atoms with Crippen molar-refractivity contribution in [3.8, 4) is 0 Å². The minimum atomic E-state index is -0.651. The molecular weight excluding hydrogens is 306 g/mol. The highest BCUT2D eigenvalue weighted by Crippen LogP contribution is 2.14. The van der Waals surface area contributed by atoms with Crippen molar-refractivity contribution >= 4 is 18.1 Å². The van der Waals surface area contributed by atoms with Crippen LogP contribution in [-0.2, 0) is 22.4 Å². The van der Waals surface area contributed by atoms with Gasteiger partial charge in [-0.2, -0.15) is 0 Å². The highest BCUT2D eigenvalue weighted by atomic mass is 16.1. The molecule has 0 bridgehead atoms. The third-order valence-corrected chi connectivity index (χ3v) is 3.60. The Bertz CT molecular complexity index is 685. The van der Waals surface area contributed by atoms with Gasteiger partial charge >= 0.3 is 0 Å². The average Bonchev–Trinajstić information content (AvgIpc) is 2.60. The van der Waals surface area contributed by atoms with Gasteiger partial charge in [-0.15, -0.1) is 0 Å². The maximum absolute atomic E-state index is 11.0. The number of aromatic nitrogens is 1. The van der Waals surface area contributed by atoms with Gasteiger partial charge in [-0.3, -0.25) is 14.6 Å². The molecule has 0 saturated heterocycles. The van der Waals surface area contributed by atoms with Gasteiger partial charge in [-0.25, -0.2) is 10.8 Å². The van der Waals surface area contributed by atoms with E-state index < -0.39 is 6.17 Å². The average molecular weight is 327 g/mol. The summed E-state index contributed by atoms with van der Waals surface area (Å²) in [5.74, 6) is 5.88. The number of hydrogen-bond acceptors (Lipinski definition) is 5. The fourth-order valence-electron chi connectivity index (χ4n) is 2.23. The summed E-state index contributed by atoms with van der Waals surface area (Å²) in [6.45, 7) is 1.45. The molecule has 1 heterocycles. The van der Waals surface area contributed by atoms with E-state index in [2.05, 4.69) is 10.3 Å². The minimum Gasteiger partial charge on any atom is -0.311 e. The van der Waals surface area contributed by atoms with E-state index in [4.69, 9.17) is 11.6 Å². The molecule has 7 nitrogen and oxygen atoms in total. The van der Waals surface area contributed by atoms with Crippen LogP contribution in [0.15, 0.2) is 42.6 Å². The van der Waals surface area contributed by atoms with Crippen LogP contribution < -0.4 is 16.9 Å². The number of rotatable bonds is 7. The monoisotopic (exact) mass is 327 g/mol. The number of hydrazine groups is 1. The van der Waals surface area contributed by atoms with Crippen molar-refractivity contribution in [2.24, 2.45) is 11.6 Å². The zero-order chi connectivity index (χ0) is 17.5. The molecule has 0 aliphatic carbocycles. The molecule has 2 amide bonds. The topological polar surface area (TPSA) is 114 Å². The van der Waals surface area contributed by atoms with E-state index in [1.165, 1.54) is 6.92 Å². The van der Waals surface area contributed by atoms with Gasteiger partial charge in [0.15, 0.2) is 0 Å². The van der Waals surface area contributed by atoms with Crippen LogP contribution in [0.25, 0.3) is 0 Å². The standard InChI is InChI=1S/C17H21N5O2/c1-12(24)21-16-9-6-14(10-20-16)3-2-13-4-7-15(8-5-13)17(18)22(19)11-23/h4-11,17H,2-3,18-19H2,1H3,(H,20,21,24). The van der Waals surface area contributed by atoms with Crippen molar-refractivity contribution in [2.45, 2.75) is 25.9 Å². The Hall–Kier alpha value is -2.77. The van der Waals surface area contributed by atoms with Crippen LogP contribution in [0, 0.1) is 0 Å². The number of pyridine rings is 1. The van der Waals surface area contributed by atoms with Crippen LogP contribution in [-0.4, -0.2) is 22.3 Å². The van der Waals surface area contributed by atoms with E-state index in [1.54, 1.807) is 12.3 Å². The first-order valence-corrected chi connectivity index (χ1v) is 7.55. The molecule has 1 aromatic carbocycles. The van der Waals surface area contributed by atoms with Crippen molar-refractivity contribution in [1.82, 2.24) is 9.99 Å². The minimum absolute atomic E-state index is 0.140. The maximum atomic E-state index is 11.0. The molecule has 0 aliphatic rings. The van der Waals surface area contributed by atoms with E-state index in [0.29, 0.717) is 12.2 Å². The molecule has 0 radical (unpaired) electrons. The first-order chi connectivity index (χ1) is 11.5. The van der Waals surface area contributed by atoms with Crippen molar-refractivity contribution < 1.29 is 9.59 Å². The number of hydrogen-bond donors (Lipinski definition) is 3. The summed E-state index contributed by atoms with van der Waals surface area (Å²) in [5, 5.41) is 3.56. The third kappa shape index (κ3) is 4.87. The second-order valence-corrected chi connectivity index (χ2v) is 5.47. The Morgan fingerprint density at radius 1 is 1.21 bits per heavy atom. The molecule has 1 atom stereocenters. The molecule has 0 aliphatic heterocycles. The van der Waals surface area contributed by atoms with Gasteiger partial charge in [0.1, 0.15) is 12.0 Å². The van der Waals surface area contributed by atoms with Crippen molar-refractivity contribution in [3.63, 3.8) is 0 Å². The molecule has 1 aromatic heterocycles. The summed E-state index contributed by atoms with van der Waals surface area (Å²) in [7, 11) is 0. The Morgan fingerprint density at radius 2 is 1.83 bits per heavy atom. The molecule has 0 fully saturated rings. The lowest BCUT2D eigenvalue weighted by Gasteiger charge is -2.19. The number of nitrogens with one attached hydrogen (secondary N) is 1. The molecule has 0 saturated carbocycles. The molecule has 0 spiro atoms. The van der Waals surface area contributed by atoms with Gasteiger partial charge in [0, 0.05) is 13.1 Å². The zero-order valence-corrected chi connectivity index (χ0v) is 13.5. The predicted molar refractivity (Wildman–Crippen MR) is 91.4 cm³/mol. The van der Waals surface area contributed by atoms with E-state index >= 15 is 0 Å². The molecule has 7 heteroatoms. The van der Waals surface area contributed by atoms with Crippen molar-refractivity contribution in [1.29, 1.82) is 0 Å². The molecule has 2 aromatic rings. The summed E-state index contributed by atoms with van der Waals surface area (Å²) in [4.78, 5) is 25.8. The van der Waals surface area contributed by atoms with Crippen molar-refractivity contribution in [2.75, 3.05) is 5.32 Å². The van der Waals surface area contributed by atoms with Crippen LogP contribution >= 0.6 is 0 Å². The lowest BCUT2D eigenvalue weighted by molar-refractivity contribution is -0.120. The van der Waals surface area contributed by atoms with Gasteiger partial charge < -0.3 is 11.1 Å². The lowest BCUT2D eigenvalue weighted by atomic mass is 10.0.